The highest BCUT2D eigenvalue weighted by Crippen LogP contribution is 2.01. The van der Waals surface area contributed by atoms with E-state index in [4.69, 9.17) is 4.74 Å². The Balaban J connectivity index is 2.57. The Bertz CT molecular complexity index is 422. The summed E-state index contributed by atoms with van der Waals surface area (Å²) in [7, 11) is 1.73. The zero-order valence-corrected chi connectivity index (χ0v) is 7.95. The molecule has 0 bridgehead atoms. The van der Waals surface area contributed by atoms with Crippen LogP contribution in [0.5, 0.6) is 0 Å². The number of nitrogens with zero attached hydrogens (tertiary/aromatic N) is 1. The molecule has 1 unspecified atom stereocenters. The number of aromatic nitrogens is 1. The Morgan fingerprint density at radius 2 is 2.38 bits per heavy atom. The van der Waals surface area contributed by atoms with Gasteiger partial charge in [-0.05, 0) is 36.3 Å². The minimum Gasteiger partial charge on any atom is -0.377 e. The Kier molecular flexibility index (Phi) is 2.15. The van der Waals surface area contributed by atoms with Gasteiger partial charge in [-0.1, -0.05) is 6.08 Å². The van der Waals surface area contributed by atoms with Crippen LogP contribution in [-0.4, -0.2) is 18.2 Å². The van der Waals surface area contributed by atoms with Gasteiger partial charge >= 0.3 is 0 Å². The second-order valence-corrected chi connectivity index (χ2v) is 3.37. The summed E-state index contributed by atoms with van der Waals surface area (Å²) >= 11 is 0. The van der Waals surface area contributed by atoms with Gasteiger partial charge in [-0.25, -0.2) is 0 Å². The van der Waals surface area contributed by atoms with Gasteiger partial charge in [-0.3, -0.25) is 4.98 Å². The van der Waals surface area contributed by atoms with Crippen molar-refractivity contribution in [1.29, 1.82) is 0 Å². The molecule has 0 aliphatic heterocycles. The van der Waals surface area contributed by atoms with Crippen LogP contribution in [0.2, 0.25) is 0 Å². The highest BCUT2D eigenvalue weighted by molar-refractivity contribution is 5.40. The lowest BCUT2D eigenvalue weighted by atomic mass is 10.1. The monoisotopic (exact) mass is 175 g/mol. The molecule has 68 valence electrons. The van der Waals surface area contributed by atoms with Crippen molar-refractivity contribution in [2.45, 2.75) is 19.4 Å². The number of methoxy groups -OCH3 is 1. The lowest BCUT2D eigenvalue weighted by Crippen LogP contribution is -2.34. The van der Waals surface area contributed by atoms with E-state index in [1.807, 2.05) is 6.20 Å². The number of pyridine rings is 1. The predicted molar refractivity (Wildman–Crippen MR) is 52.6 cm³/mol. The molecule has 0 spiro atoms. The van der Waals surface area contributed by atoms with E-state index in [0.29, 0.717) is 0 Å². The molecule has 0 amide bonds. The van der Waals surface area contributed by atoms with E-state index in [2.05, 4.69) is 30.1 Å². The maximum Gasteiger partial charge on any atom is 0.0810 e. The maximum absolute atomic E-state index is 5.25. The van der Waals surface area contributed by atoms with E-state index < -0.39 is 0 Å². The average Bonchev–Trinajstić information content (AvgIpc) is 2.17. The average molecular weight is 175 g/mol. The van der Waals surface area contributed by atoms with Gasteiger partial charge in [-0.2, -0.15) is 0 Å². The first kappa shape index (κ1) is 8.45. The van der Waals surface area contributed by atoms with Crippen molar-refractivity contribution in [3.05, 3.63) is 28.4 Å². The first-order valence-electron chi connectivity index (χ1n) is 4.47. The molecular formula is C11H13NO. The maximum atomic E-state index is 5.25. The molecule has 2 rings (SSSR count). The van der Waals surface area contributed by atoms with E-state index in [9.17, 15) is 0 Å². The van der Waals surface area contributed by atoms with Crippen molar-refractivity contribution < 1.29 is 4.74 Å². The molecule has 0 saturated carbocycles. The number of ether oxygens (including phenoxy) is 1. The highest BCUT2D eigenvalue weighted by atomic mass is 16.5. The van der Waals surface area contributed by atoms with Gasteiger partial charge in [0.1, 0.15) is 0 Å². The zero-order valence-electron chi connectivity index (χ0n) is 7.95. The number of rotatable bonds is 1. The van der Waals surface area contributed by atoms with Crippen molar-refractivity contribution >= 4 is 12.2 Å². The van der Waals surface area contributed by atoms with Crippen molar-refractivity contribution in [3.63, 3.8) is 0 Å². The fraction of sp³-hybridized carbons (Fsp3) is 0.364. The molecule has 0 saturated heterocycles. The van der Waals surface area contributed by atoms with Gasteiger partial charge in [0.2, 0.25) is 0 Å². The summed E-state index contributed by atoms with van der Waals surface area (Å²) in [4.78, 5) is 4.35. The minimum atomic E-state index is 0.197. The summed E-state index contributed by atoms with van der Waals surface area (Å²) in [5.41, 5.74) is 1.21. The quantitative estimate of drug-likeness (QED) is 0.615. The van der Waals surface area contributed by atoms with Crippen LogP contribution in [0.4, 0.5) is 0 Å². The molecule has 13 heavy (non-hydrogen) atoms. The fourth-order valence-corrected chi connectivity index (χ4v) is 1.56. The third kappa shape index (κ3) is 1.63. The predicted octanol–water partition coefficient (Wildman–Crippen LogP) is 0.370. The van der Waals surface area contributed by atoms with E-state index in [-0.39, 0.29) is 6.10 Å². The normalized spacial score (nSPS) is 20.0. The summed E-state index contributed by atoms with van der Waals surface area (Å²) in [5, 5.41) is 2.28. The molecule has 2 nitrogen and oxygen atoms in total. The molecular weight excluding hydrogens is 162 g/mol. The number of hydrogen-bond donors (Lipinski definition) is 0. The summed E-state index contributed by atoms with van der Waals surface area (Å²) in [6.07, 6.45) is 7.30. The minimum absolute atomic E-state index is 0.197. The van der Waals surface area contributed by atoms with Crippen LogP contribution in [-0.2, 0) is 4.74 Å². The van der Waals surface area contributed by atoms with E-state index in [0.717, 1.165) is 11.8 Å². The topological polar surface area (TPSA) is 22.1 Å². The van der Waals surface area contributed by atoms with Gasteiger partial charge in [-0.15, -0.1) is 0 Å². The SMILES string of the molecule is COC1C=c2ncc(C)cc2=CC1. The van der Waals surface area contributed by atoms with Crippen molar-refractivity contribution in [1.82, 2.24) is 4.98 Å². The van der Waals surface area contributed by atoms with Crippen LogP contribution < -0.4 is 10.6 Å². The van der Waals surface area contributed by atoms with Gasteiger partial charge in [0, 0.05) is 13.3 Å². The first-order chi connectivity index (χ1) is 6.29. The molecule has 1 aromatic heterocycles. The molecule has 0 N–H and O–H groups in total. The van der Waals surface area contributed by atoms with E-state index in [1.165, 1.54) is 10.8 Å². The summed E-state index contributed by atoms with van der Waals surface area (Å²) in [6.45, 7) is 2.06. The van der Waals surface area contributed by atoms with Crippen molar-refractivity contribution in [2.24, 2.45) is 0 Å². The smallest absolute Gasteiger partial charge is 0.0810 e. The lowest BCUT2D eigenvalue weighted by molar-refractivity contribution is 0.157. The molecule has 1 aromatic rings. The molecule has 0 radical (unpaired) electrons. The number of aryl methyl sites for hydroxylation is 1. The first-order valence-corrected chi connectivity index (χ1v) is 4.47. The van der Waals surface area contributed by atoms with Crippen LogP contribution >= 0.6 is 0 Å². The second-order valence-electron chi connectivity index (χ2n) is 3.37. The van der Waals surface area contributed by atoms with Crippen LogP contribution in [0.3, 0.4) is 0 Å². The number of hydrogen-bond acceptors (Lipinski definition) is 2. The molecule has 0 fully saturated rings. The van der Waals surface area contributed by atoms with E-state index in [1.54, 1.807) is 7.11 Å². The van der Waals surface area contributed by atoms with Gasteiger partial charge < -0.3 is 4.74 Å². The summed E-state index contributed by atoms with van der Waals surface area (Å²) in [5.74, 6) is 0. The Hall–Kier alpha value is -1.15. The molecule has 1 aliphatic carbocycles. The third-order valence-electron chi connectivity index (χ3n) is 2.30. The van der Waals surface area contributed by atoms with Gasteiger partial charge in [0.25, 0.3) is 0 Å². The molecule has 0 aromatic carbocycles. The summed E-state index contributed by atoms with van der Waals surface area (Å²) in [6, 6.07) is 2.16. The Labute approximate surface area is 77.6 Å². The van der Waals surface area contributed by atoms with Crippen LogP contribution in [0.15, 0.2) is 12.3 Å². The van der Waals surface area contributed by atoms with E-state index >= 15 is 0 Å². The van der Waals surface area contributed by atoms with Crippen molar-refractivity contribution in [3.8, 4) is 0 Å². The summed E-state index contributed by atoms with van der Waals surface area (Å²) < 4.78 is 5.25. The zero-order chi connectivity index (χ0) is 9.26. The van der Waals surface area contributed by atoms with Crippen LogP contribution in [0, 0.1) is 6.92 Å². The molecule has 2 heteroatoms. The lowest BCUT2D eigenvalue weighted by Gasteiger charge is -2.11. The Morgan fingerprint density at radius 3 is 3.15 bits per heavy atom. The molecule has 1 aliphatic rings. The third-order valence-corrected chi connectivity index (χ3v) is 2.30. The fourth-order valence-electron chi connectivity index (χ4n) is 1.56. The molecule has 1 atom stereocenters. The molecule has 1 heterocycles. The highest BCUT2D eigenvalue weighted by Gasteiger charge is 2.05. The van der Waals surface area contributed by atoms with Gasteiger partial charge in [0.15, 0.2) is 0 Å². The largest absolute Gasteiger partial charge is 0.377 e. The van der Waals surface area contributed by atoms with Crippen LogP contribution in [0.25, 0.3) is 12.2 Å². The van der Waals surface area contributed by atoms with Crippen molar-refractivity contribution in [2.75, 3.05) is 7.11 Å². The standard InChI is InChI=1S/C11H13NO/c1-8-5-9-3-4-10(13-2)6-11(9)12-7-8/h3,5-7,10H,4H2,1-2H3. The van der Waals surface area contributed by atoms with Crippen LogP contribution in [0.1, 0.15) is 12.0 Å². The second kappa shape index (κ2) is 3.30. The number of fused-ring (bicyclic) bond motifs is 1. The van der Waals surface area contributed by atoms with Gasteiger partial charge in [0.05, 0.1) is 11.5 Å². The Morgan fingerprint density at radius 1 is 1.54 bits per heavy atom.